The average Bonchev–Trinajstić information content (AvgIpc) is 2.43. The summed E-state index contributed by atoms with van der Waals surface area (Å²) in [5.74, 6) is -1.27. The van der Waals surface area contributed by atoms with Crippen LogP contribution in [-0.2, 0) is 0 Å². The molecule has 0 saturated heterocycles. The van der Waals surface area contributed by atoms with Crippen LogP contribution in [-0.4, -0.2) is 22.5 Å². The largest absolute Gasteiger partial charge is 0.409 e. The topological polar surface area (TPSA) is 87.7 Å². The number of benzene rings is 1. The van der Waals surface area contributed by atoms with Crippen molar-refractivity contribution >= 4 is 11.7 Å². The van der Waals surface area contributed by atoms with Crippen LogP contribution in [0.5, 0.6) is 0 Å². The Morgan fingerprint density at radius 3 is 2.50 bits per heavy atom. The molecule has 0 radical (unpaired) electrons. The molecule has 20 heavy (non-hydrogen) atoms. The number of carbonyl (C=O) groups excluding carboxylic acids is 1. The van der Waals surface area contributed by atoms with E-state index in [1.807, 2.05) is 0 Å². The van der Waals surface area contributed by atoms with Crippen LogP contribution in [0.2, 0.25) is 0 Å². The third-order valence-corrected chi connectivity index (χ3v) is 3.53. The lowest BCUT2D eigenvalue weighted by Gasteiger charge is -2.31. The van der Waals surface area contributed by atoms with Gasteiger partial charge in [-0.3, -0.25) is 4.79 Å². The molecule has 1 amide bonds. The van der Waals surface area contributed by atoms with Crippen molar-refractivity contribution < 1.29 is 14.4 Å². The van der Waals surface area contributed by atoms with E-state index in [1.54, 1.807) is 26.8 Å². The fourth-order valence-corrected chi connectivity index (χ4v) is 2.04. The number of carbonyl (C=O) groups is 1. The van der Waals surface area contributed by atoms with E-state index in [9.17, 15) is 9.18 Å². The molecule has 0 saturated carbocycles. The fraction of sp³-hybridized carbons (Fsp3) is 0.429. The van der Waals surface area contributed by atoms with E-state index >= 15 is 0 Å². The van der Waals surface area contributed by atoms with Crippen molar-refractivity contribution in [3.05, 3.63) is 35.1 Å². The van der Waals surface area contributed by atoms with Gasteiger partial charge in [0.05, 0.1) is 5.56 Å². The van der Waals surface area contributed by atoms with Crippen molar-refractivity contribution in [3.8, 4) is 0 Å². The van der Waals surface area contributed by atoms with Crippen LogP contribution in [0.4, 0.5) is 4.39 Å². The molecule has 0 fully saturated rings. The van der Waals surface area contributed by atoms with Gasteiger partial charge >= 0.3 is 0 Å². The summed E-state index contributed by atoms with van der Waals surface area (Å²) in [5, 5.41) is 14.5. The molecule has 1 aromatic carbocycles. The summed E-state index contributed by atoms with van der Waals surface area (Å²) in [4.78, 5) is 12.2. The molecule has 0 heterocycles. The van der Waals surface area contributed by atoms with Crippen LogP contribution in [0.15, 0.2) is 23.4 Å². The first kappa shape index (κ1) is 15.9. The first-order valence-corrected chi connectivity index (χ1v) is 6.46. The number of nitrogens with two attached hydrogens (primary N) is 1. The lowest BCUT2D eigenvalue weighted by atomic mass is 9.91. The van der Waals surface area contributed by atoms with E-state index < -0.39 is 17.3 Å². The van der Waals surface area contributed by atoms with Crippen molar-refractivity contribution in [2.45, 2.75) is 39.2 Å². The number of amidine groups is 1. The number of hydrogen-bond acceptors (Lipinski definition) is 3. The number of hydrogen-bond donors (Lipinski definition) is 3. The number of nitrogens with one attached hydrogen (secondary N) is 1. The molecule has 1 rings (SSSR count). The third kappa shape index (κ3) is 3.07. The summed E-state index contributed by atoms with van der Waals surface area (Å²) in [5.41, 5.74) is 5.34. The predicted octanol–water partition coefficient (Wildman–Crippen LogP) is 2.17. The minimum atomic E-state index is -0.983. The van der Waals surface area contributed by atoms with Crippen LogP contribution < -0.4 is 11.1 Å². The van der Waals surface area contributed by atoms with Crippen LogP contribution in [0.3, 0.4) is 0 Å². The Morgan fingerprint density at radius 1 is 1.45 bits per heavy atom. The number of nitrogens with zero attached hydrogens (tertiary/aromatic N) is 1. The first-order valence-electron chi connectivity index (χ1n) is 6.46. The Kier molecular flexibility index (Phi) is 5.07. The van der Waals surface area contributed by atoms with Crippen molar-refractivity contribution in [3.63, 3.8) is 0 Å². The lowest BCUT2D eigenvalue weighted by Crippen LogP contribution is -2.57. The van der Waals surface area contributed by atoms with Crippen LogP contribution in [0, 0.1) is 12.7 Å². The summed E-state index contributed by atoms with van der Waals surface area (Å²) in [6.45, 7) is 5.34. The summed E-state index contributed by atoms with van der Waals surface area (Å²) < 4.78 is 13.8. The standard InChI is InChI=1S/C14H20FN3O2/c1-4-14(5-2,13(16)18-20)17-12(19)10-7-6-9(3)8-11(10)15/h6-8,20H,4-5H2,1-3H3,(H2,16,18)(H,17,19). The van der Waals surface area contributed by atoms with Gasteiger partial charge in [0.15, 0.2) is 5.84 Å². The predicted molar refractivity (Wildman–Crippen MR) is 75.3 cm³/mol. The van der Waals surface area contributed by atoms with E-state index in [1.165, 1.54) is 12.1 Å². The maximum Gasteiger partial charge on any atom is 0.255 e. The van der Waals surface area contributed by atoms with Gasteiger partial charge in [0.2, 0.25) is 0 Å². The Hall–Kier alpha value is -2.11. The maximum atomic E-state index is 13.8. The highest BCUT2D eigenvalue weighted by Gasteiger charge is 2.34. The van der Waals surface area contributed by atoms with Gasteiger partial charge in [-0.2, -0.15) is 0 Å². The molecule has 5 nitrogen and oxygen atoms in total. The van der Waals surface area contributed by atoms with Crippen LogP contribution in [0.1, 0.15) is 42.6 Å². The zero-order valence-electron chi connectivity index (χ0n) is 11.9. The van der Waals surface area contributed by atoms with E-state index in [-0.39, 0.29) is 11.4 Å². The maximum absolute atomic E-state index is 13.8. The third-order valence-electron chi connectivity index (χ3n) is 3.53. The van der Waals surface area contributed by atoms with E-state index in [2.05, 4.69) is 10.5 Å². The molecule has 0 bridgehead atoms. The summed E-state index contributed by atoms with van der Waals surface area (Å²) in [6.07, 6.45) is 0.858. The van der Waals surface area contributed by atoms with Gasteiger partial charge in [-0.15, -0.1) is 0 Å². The number of halogens is 1. The van der Waals surface area contributed by atoms with Gasteiger partial charge in [0, 0.05) is 0 Å². The van der Waals surface area contributed by atoms with Crippen molar-refractivity contribution in [2.24, 2.45) is 10.9 Å². The smallest absolute Gasteiger partial charge is 0.255 e. The summed E-state index contributed by atoms with van der Waals surface area (Å²) in [7, 11) is 0. The van der Waals surface area contributed by atoms with E-state index in [0.29, 0.717) is 12.8 Å². The molecule has 0 aromatic heterocycles. The Balaban J connectivity index is 3.09. The highest BCUT2D eigenvalue weighted by molar-refractivity contribution is 6.00. The number of rotatable bonds is 5. The molecule has 6 heteroatoms. The highest BCUT2D eigenvalue weighted by Crippen LogP contribution is 2.18. The highest BCUT2D eigenvalue weighted by atomic mass is 19.1. The van der Waals surface area contributed by atoms with Crippen molar-refractivity contribution in [1.29, 1.82) is 0 Å². The zero-order chi connectivity index (χ0) is 15.3. The first-order chi connectivity index (χ1) is 9.40. The molecule has 110 valence electrons. The quantitative estimate of drug-likeness (QED) is 0.334. The fourth-order valence-electron chi connectivity index (χ4n) is 2.04. The molecular weight excluding hydrogens is 261 g/mol. The van der Waals surface area contributed by atoms with Crippen molar-refractivity contribution in [2.75, 3.05) is 0 Å². The molecule has 0 atom stereocenters. The monoisotopic (exact) mass is 281 g/mol. The lowest BCUT2D eigenvalue weighted by molar-refractivity contribution is 0.0913. The SMILES string of the molecule is CCC(CC)(NC(=O)c1ccc(C)cc1F)/C(N)=N/O. The van der Waals surface area contributed by atoms with Gasteiger partial charge in [0.25, 0.3) is 5.91 Å². The van der Waals surface area contributed by atoms with Gasteiger partial charge in [-0.1, -0.05) is 25.1 Å². The summed E-state index contributed by atoms with van der Waals surface area (Å²) in [6, 6.07) is 4.36. The van der Waals surface area contributed by atoms with Gasteiger partial charge in [-0.05, 0) is 37.5 Å². The van der Waals surface area contributed by atoms with Gasteiger partial charge in [0.1, 0.15) is 11.4 Å². The Labute approximate surface area is 117 Å². The van der Waals surface area contributed by atoms with Gasteiger partial charge in [-0.25, -0.2) is 4.39 Å². The molecule has 4 N–H and O–H groups in total. The van der Waals surface area contributed by atoms with E-state index in [0.717, 1.165) is 5.56 Å². The minimum Gasteiger partial charge on any atom is -0.409 e. The van der Waals surface area contributed by atoms with Crippen LogP contribution in [0.25, 0.3) is 0 Å². The molecule has 0 aliphatic carbocycles. The van der Waals surface area contributed by atoms with Crippen LogP contribution >= 0.6 is 0 Å². The molecular formula is C14H20FN3O2. The molecule has 1 aromatic rings. The number of amides is 1. The second kappa shape index (κ2) is 6.36. The summed E-state index contributed by atoms with van der Waals surface area (Å²) >= 11 is 0. The van der Waals surface area contributed by atoms with Gasteiger partial charge < -0.3 is 16.3 Å². The second-order valence-corrected chi connectivity index (χ2v) is 4.71. The molecule has 0 aliphatic rings. The minimum absolute atomic E-state index is 0.0624. The van der Waals surface area contributed by atoms with Crippen molar-refractivity contribution in [1.82, 2.24) is 5.32 Å². The Morgan fingerprint density at radius 2 is 2.05 bits per heavy atom. The Bertz CT molecular complexity index is 525. The second-order valence-electron chi connectivity index (χ2n) is 4.71. The normalized spacial score (nSPS) is 12.3. The molecule has 0 spiro atoms. The number of oxime groups is 1. The van der Waals surface area contributed by atoms with E-state index in [4.69, 9.17) is 10.9 Å². The molecule has 0 aliphatic heterocycles. The molecule has 0 unspecified atom stereocenters. The number of aryl methyl sites for hydroxylation is 1. The average molecular weight is 281 g/mol. The zero-order valence-corrected chi connectivity index (χ0v) is 11.9.